The van der Waals surface area contributed by atoms with E-state index in [1.165, 1.54) is 32.5 Å². The van der Waals surface area contributed by atoms with Crippen LogP contribution in [-0.2, 0) is 0 Å². The first-order chi connectivity index (χ1) is 4.84. The molecule has 3 heterocycles. The molecule has 2 atom stereocenters. The molecule has 1 N–H and O–H groups in total. The van der Waals surface area contributed by atoms with Gasteiger partial charge < -0.3 is 10.2 Å². The quantitative estimate of drug-likeness (QED) is 0.649. The van der Waals surface area contributed by atoms with Crippen molar-refractivity contribution in [3.8, 4) is 0 Å². The van der Waals surface area contributed by atoms with Crippen LogP contribution in [0.4, 0.5) is 0 Å². The van der Waals surface area contributed by atoms with Gasteiger partial charge in [0.1, 0.15) is 0 Å². The van der Waals surface area contributed by atoms with Crippen molar-refractivity contribution in [2.24, 2.45) is 5.92 Å². The van der Waals surface area contributed by atoms with E-state index in [0.717, 1.165) is 12.0 Å². The van der Waals surface area contributed by atoms with Gasteiger partial charge >= 0.3 is 0 Å². The lowest BCUT2D eigenvalue weighted by Gasteiger charge is -2.23. The van der Waals surface area contributed by atoms with E-state index in [9.17, 15) is 0 Å². The summed E-state index contributed by atoms with van der Waals surface area (Å²) in [6, 6.07) is 0.795. The molecule has 4 heteroatoms. The van der Waals surface area contributed by atoms with Gasteiger partial charge in [-0.3, -0.25) is 0 Å². The van der Waals surface area contributed by atoms with Crippen molar-refractivity contribution in [1.29, 1.82) is 0 Å². The highest BCUT2D eigenvalue weighted by molar-refractivity contribution is 5.85. The minimum atomic E-state index is 0. The van der Waals surface area contributed by atoms with E-state index in [4.69, 9.17) is 0 Å². The van der Waals surface area contributed by atoms with Crippen LogP contribution in [0.3, 0.4) is 0 Å². The third kappa shape index (κ3) is 2.77. The summed E-state index contributed by atoms with van der Waals surface area (Å²) in [6.45, 7) is 3.83. The van der Waals surface area contributed by atoms with Gasteiger partial charge in [-0.25, -0.2) is 0 Å². The molecule has 0 aromatic heterocycles. The lowest BCUT2D eigenvalue weighted by Crippen LogP contribution is -2.38. The number of halogens is 2. The molecule has 3 aliphatic heterocycles. The molecule has 3 fully saturated rings. The Bertz CT molecular complexity index is 110. The number of likely N-dealkylation sites (N-methyl/N-ethyl adjacent to an activating group) is 1. The van der Waals surface area contributed by atoms with Crippen LogP contribution >= 0.6 is 24.8 Å². The van der Waals surface area contributed by atoms with Crippen LogP contribution < -0.4 is 5.32 Å². The van der Waals surface area contributed by atoms with Crippen LogP contribution in [0.5, 0.6) is 0 Å². The Balaban J connectivity index is 0.000000605. The second kappa shape index (κ2) is 5.28. The summed E-state index contributed by atoms with van der Waals surface area (Å²) < 4.78 is 0. The van der Waals surface area contributed by atoms with Crippen molar-refractivity contribution < 1.29 is 0 Å². The van der Waals surface area contributed by atoms with Gasteiger partial charge in [-0.15, -0.1) is 24.8 Å². The Morgan fingerprint density at radius 1 is 1.17 bits per heavy atom. The van der Waals surface area contributed by atoms with E-state index in [0.29, 0.717) is 0 Å². The lowest BCUT2D eigenvalue weighted by molar-refractivity contribution is 0.320. The van der Waals surface area contributed by atoms with Gasteiger partial charge in [-0.2, -0.15) is 0 Å². The molecule has 2 bridgehead atoms. The van der Waals surface area contributed by atoms with Gasteiger partial charge in [-0.1, -0.05) is 0 Å². The van der Waals surface area contributed by atoms with Gasteiger partial charge in [0.25, 0.3) is 0 Å². The topological polar surface area (TPSA) is 15.3 Å². The number of hydrogen-bond acceptors (Lipinski definition) is 2. The first-order valence-electron chi connectivity index (χ1n) is 4.26. The van der Waals surface area contributed by atoms with Crippen LogP contribution in [0.2, 0.25) is 0 Å². The molecule has 12 heavy (non-hydrogen) atoms. The number of nitrogens with one attached hydrogen (secondary N) is 1. The normalized spacial score (nSPS) is 34.8. The van der Waals surface area contributed by atoms with Crippen molar-refractivity contribution in [3.63, 3.8) is 0 Å². The van der Waals surface area contributed by atoms with Crippen molar-refractivity contribution in [3.05, 3.63) is 0 Å². The molecule has 0 unspecified atom stereocenters. The highest BCUT2D eigenvalue weighted by Gasteiger charge is 2.26. The number of piperidine rings is 1. The lowest BCUT2D eigenvalue weighted by atomic mass is 9.97. The van der Waals surface area contributed by atoms with Crippen molar-refractivity contribution in [2.45, 2.75) is 18.9 Å². The van der Waals surface area contributed by atoms with Crippen LogP contribution in [0.15, 0.2) is 0 Å². The molecule has 74 valence electrons. The third-order valence-corrected chi connectivity index (χ3v) is 2.72. The maximum atomic E-state index is 3.57. The number of nitrogens with zero attached hydrogens (tertiary/aromatic N) is 1. The maximum absolute atomic E-state index is 3.57. The number of fused-ring (bicyclic) bond motifs is 4. The Morgan fingerprint density at radius 3 is 2.50 bits per heavy atom. The van der Waals surface area contributed by atoms with E-state index < -0.39 is 0 Å². The molecule has 0 aromatic carbocycles. The molecule has 0 aromatic rings. The summed E-state index contributed by atoms with van der Waals surface area (Å²) in [5.74, 6) is 0.934. The Labute approximate surface area is 86.9 Å². The monoisotopic (exact) mass is 212 g/mol. The molecule has 2 nitrogen and oxygen atoms in total. The Kier molecular flexibility index (Phi) is 5.50. The molecule has 3 rings (SSSR count). The summed E-state index contributed by atoms with van der Waals surface area (Å²) in [7, 11) is 2.23. The van der Waals surface area contributed by atoms with Crippen molar-refractivity contribution in [1.82, 2.24) is 10.2 Å². The molecule has 0 saturated carbocycles. The summed E-state index contributed by atoms with van der Waals surface area (Å²) in [5, 5.41) is 3.57. The fourth-order valence-corrected chi connectivity index (χ4v) is 2.18. The first-order valence-corrected chi connectivity index (χ1v) is 4.26. The van der Waals surface area contributed by atoms with E-state index in [-0.39, 0.29) is 24.8 Å². The van der Waals surface area contributed by atoms with Gasteiger partial charge in [0.2, 0.25) is 0 Å². The zero-order valence-corrected chi connectivity index (χ0v) is 9.09. The van der Waals surface area contributed by atoms with Gasteiger partial charge in [-0.05, 0) is 32.4 Å². The van der Waals surface area contributed by atoms with Crippen molar-refractivity contribution in [2.75, 3.05) is 26.7 Å². The fraction of sp³-hybridized carbons (Fsp3) is 1.00. The number of rotatable bonds is 0. The van der Waals surface area contributed by atoms with Crippen molar-refractivity contribution >= 4 is 24.8 Å². The fourth-order valence-electron chi connectivity index (χ4n) is 2.18. The predicted octanol–water partition coefficient (Wildman–Crippen LogP) is 1.14. The Hall–Kier alpha value is 0.500. The highest BCUT2D eigenvalue weighted by atomic mass is 35.5. The van der Waals surface area contributed by atoms with Crippen LogP contribution in [-0.4, -0.2) is 37.6 Å². The minimum absolute atomic E-state index is 0. The minimum Gasteiger partial charge on any atom is -0.312 e. The van der Waals surface area contributed by atoms with Crippen LogP contribution in [0.1, 0.15) is 12.8 Å². The maximum Gasteiger partial charge on any atom is 0.0195 e. The molecule has 3 aliphatic rings. The zero-order chi connectivity index (χ0) is 6.97. The summed E-state index contributed by atoms with van der Waals surface area (Å²) in [4.78, 5) is 2.46. The summed E-state index contributed by atoms with van der Waals surface area (Å²) in [6.07, 6.45) is 2.84. The third-order valence-electron chi connectivity index (χ3n) is 2.72. The first kappa shape index (κ1) is 12.5. The van der Waals surface area contributed by atoms with Crippen LogP contribution in [0, 0.1) is 5.92 Å². The van der Waals surface area contributed by atoms with Gasteiger partial charge in [0.15, 0.2) is 0 Å². The SMILES string of the molecule is CN1C[C@@H]2CC[C@H](C1)NC2.Cl.Cl. The molecule has 0 amide bonds. The average molecular weight is 213 g/mol. The molecule has 0 aliphatic carbocycles. The van der Waals surface area contributed by atoms with Crippen LogP contribution in [0.25, 0.3) is 0 Å². The standard InChI is InChI=1S/C8H16N2.2ClH/c1-10-5-7-2-3-8(6-10)9-4-7;;/h7-9H,2-6H2,1H3;2*1H/t7-,8-;;/m1../s1. The highest BCUT2D eigenvalue weighted by Crippen LogP contribution is 2.19. The molecule has 0 spiro atoms. The summed E-state index contributed by atoms with van der Waals surface area (Å²) >= 11 is 0. The smallest absolute Gasteiger partial charge is 0.0195 e. The van der Waals surface area contributed by atoms with E-state index in [1.807, 2.05) is 0 Å². The molecular formula is C8H18Cl2N2. The van der Waals surface area contributed by atoms with Gasteiger partial charge in [0.05, 0.1) is 0 Å². The largest absolute Gasteiger partial charge is 0.312 e. The number of hydrogen-bond donors (Lipinski definition) is 1. The van der Waals surface area contributed by atoms with E-state index in [1.54, 1.807) is 0 Å². The molecular weight excluding hydrogens is 195 g/mol. The van der Waals surface area contributed by atoms with E-state index in [2.05, 4.69) is 17.3 Å². The molecule has 3 saturated heterocycles. The van der Waals surface area contributed by atoms with Gasteiger partial charge in [0, 0.05) is 19.1 Å². The van der Waals surface area contributed by atoms with E-state index >= 15 is 0 Å². The second-order valence-corrected chi connectivity index (χ2v) is 3.77. The molecule has 0 radical (unpaired) electrons. The Morgan fingerprint density at radius 2 is 1.92 bits per heavy atom. The predicted molar refractivity (Wildman–Crippen MR) is 56.5 cm³/mol. The second-order valence-electron chi connectivity index (χ2n) is 3.77. The zero-order valence-electron chi connectivity index (χ0n) is 7.45. The summed E-state index contributed by atoms with van der Waals surface area (Å²) in [5.41, 5.74) is 0. The average Bonchev–Trinajstić information content (AvgIpc) is 2.17.